The average Bonchev–Trinajstić information content (AvgIpc) is 2.67. The van der Waals surface area contributed by atoms with E-state index in [0.29, 0.717) is 36.9 Å². The first-order chi connectivity index (χ1) is 11.8. The van der Waals surface area contributed by atoms with E-state index >= 15 is 0 Å². The number of aliphatic hydroxyl groups is 2. The number of hydrogen-bond donors (Lipinski definition) is 2. The molecule has 24 heavy (non-hydrogen) atoms. The highest BCUT2D eigenvalue weighted by atomic mass is 16.3. The summed E-state index contributed by atoms with van der Waals surface area (Å²) in [4.78, 5) is 0. The SMILES string of the molecule is OCC12C3=C(CCCC3)C(CO)(C3CCCCC31)C1CCCCC12. The molecule has 0 aromatic carbocycles. The molecule has 0 amide bonds. The van der Waals surface area contributed by atoms with Crippen LogP contribution in [0.1, 0.15) is 77.0 Å². The molecule has 4 unspecified atom stereocenters. The molecule has 0 aromatic heterocycles. The summed E-state index contributed by atoms with van der Waals surface area (Å²) in [6.45, 7) is 0.769. The minimum Gasteiger partial charge on any atom is -0.395 e. The highest BCUT2D eigenvalue weighted by molar-refractivity contribution is 5.43. The highest BCUT2D eigenvalue weighted by Gasteiger charge is 2.70. The summed E-state index contributed by atoms with van der Waals surface area (Å²) >= 11 is 0. The predicted molar refractivity (Wildman–Crippen MR) is 95.4 cm³/mol. The summed E-state index contributed by atoms with van der Waals surface area (Å²) in [7, 11) is 0. The highest BCUT2D eigenvalue weighted by Crippen LogP contribution is 2.75. The molecule has 0 saturated heterocycles. The van der Waals surface area contributed by atoms with Crippen LogP contribution in [0.2, 0.25) is 0 Å². The molecule has 6 aliphatic carbocycles. The maximum Gasteiger partial charge on any atom is 0.0530 e. The summed E-state index contributed by atoms with van der Waals surface area (Å²) in [5, 5.41) is 21.7. The van der Waals surface area contributed by atoms with Gasteiger partial charge in [-0.25, -0.2) is 0 Å². The zero-order chi connectivity index (χ0) is 16.4. The third-order valence-electron chi connectivity index (χ3n) is 9.29. The molecular formula is C22H34O2. The molecule has 3 fully saturated rings. The van der Waals surface area contributed by atoms with Gasteiger partial charge < -0.3 is 10.2 Å². The lowest BCUT2D eigenvalue weighted by molar-refractivity contribution is -0.196. The second-order valence-electron chi connectivity index (χ2n) is 9.56. The number of rotatable bonds is 2. The zero-order valence-electron chi connectivity index (χ0n) is 15.1. The molecule has 0 aromatic rings. The molecule has 2 nitrogen and oxygen atoms in total. The van der Waals surface area contributed by atoms with Gasteiger partial charge in [-0.05, 0) is 75.0 Å². The van der Waals surface area contributed by atoms with Crippen molar-refractivity contribution < 1.29 is 10.2 Å². The monoisotopic (exact) mass is 330 g/mol. The Bertz CT molecular complexity index is 476. The molecule has 2 bridgehead atoms. The van der Waals surface area contributed by atoms with Crippen LogP contribution in [0.3, 0.4) is 0 Å². The van der Waals surface area contributed by atoms with Crippen LogP contribution < -0.4 is 0 Å². The molecule has 0 radical (unpaired) electrons. The van der Waals surface area contributed by atoms with Crippen LogP contribution in [0.4, 0.5) is 0 Å². The topological polar surface area (TPSA) is 40.5 Å². The van der Waals surface area contributed by atoms with Gasteiger partial charge in [-0.15, -0.1) is 0 Å². The average molecular weight is 331 g/mol. The first kappa shape index (κ1) is 15.9. The van der Waals surface area contributed by atoms with E-state index in [9.17, 15) is 10.2 Å². The third-order valence-corrected chi connectivity index (χ3v) is 9.29. The Kier molecular flexibility index (Phi) is 3.69. The third kappa shape index (κ3) is 1.66. The van der Waals surface area contributed by atoms with Gasteiger partial charge in [0, 0.05) is 10.8 Å². The van der Waals surface area contributed by atoms with Gasteiger partial charge in [0.05, 0.1) is 13.2 Å². The lowest BCUT2D eigenvalue weighted by atomic mass is 9.32. The molecule has 6 aliphatic rings. The van der Waals surface area contributed by atoms with Crippen LogP contribution in [0.5, 0.6) is 0 Å². The molecule has 2 N–H and O–H groups in total. The molecule has 6 rings (SSSR count). The lowest BCUT2D eigenvalue weighted by Gasteiger charge is -2.72. The molecule has 0 aliphatic heterocycles. The Morgan fingerprint density at radius 1 is 0.583 bits per heavy atom. The molecule has 2 heteroatoms. The van der Waals surface area contributed by atoms with Crippen LogP contribution in [-0.2, 0) is 0 Å². The first-order valence-corrected chi connectivity index (χ1v) is 10.8. The second-order valence-corrected chi connectivity index (χ2v) is 9.56. The Balaban J connectivity index is 1.78. The van der Waals surface area contributed by atoms with Gasteiger partial charge in [0.1, 0.15) is 0 Å². The Morgan fingerprint density at radius 3 is 1.21 bits per heavy atom. The van der Waals surface area contributed by atoms with Gasteiger partial charge in [-0.1, -0.05) is 36.8 Å². The minimum atomic E-state index is 0.100. The summed E-state index contributed by atoms with van der Waals surface area (Å²) < 4.78 is 0. The van der Waals surface area contributed by atoms with Crippen LogP contribution in [0, 0.1) is 34.5 Å². The molecular weight excluding hydrogens is 296 g/mol. The Hall–Kier alpha value is -0.340. The fraction of sp³-hybridized carbons (Fsp3) is 0.909. The van der Waals surface area contributed by atoms with Crippen LogP contribution in [0.25, 0.3) is 0 Å². The van der Waals surface area contributed by atoms with Gasteiger partial charge >= 0.3 is 0 Å². The van der Waals surface area contributed by atoms with Crippen LogP contribution in [-0.4, -0.2) is 23.4 Å². The van der Waals surface area contributed by atoms with E-state index in [0.717, 1.165) is 0 Å². The molecule has 0 heterocycles. The van der Waals surface area contributed by atoms with Crippen molar-refractivity contribution in [1.29, 1.82) is 0 Å². The molecule has 0 spiro atoms. The predicted octanol–water partition coefficient (Wildman–Crippen LogP) is 4.45. The number of hydrogen-bond acceptors (Lipinski definition) is 2. The molecule has 4 atom stereocenters. The van der Waals surface area contributed by atoms with E-state index in [1.165, 1.54) is 77.0 Å². The summed E-state index contributed by atoms with van der Waals surface area (Å²) in [5.74, 6) is 2.61. The standard InChI is InChI=1S/C22H34O2/c23-13-21-15-7-1-2-8-16(15)22(14-24,19-11-5-3-9-17(19)21)20-12-6-4-10-18(20)21/h15-17,19,23-24H,1-14H2. The normalized spacial score (nSPS) is 50.2. The van der Waals surface area contributed by atoms with E-state index < -0.39 is 0 Å². The van der Waals surface area contributed by atoms with Crippen molar-refractivity contribution in [3.8, 4) is 0 Å². The van der Waals surface area contributed by atoms with Crippen LogP contribution >= 0.6 is 0 Å². The molecule has 3 saturated carbocycles. The van der Waals surface area contributed by atoms with Crippen molar-refractivity contribution in [2.24, 2.45) is 34.5 Å². The van der Waals surface area contributed by atoms with E-state index in [-0.39, 0.29) is 10.8 Å². The number of aliphatic hydroxyl groups excluding tert-OH is 2. The largest absolute Gasteiger partial charge is 0.395 e. The van der Waals surface area contributed by atoms with Crippen molar-refractivity contribution >= 4 is 0 Å². The first-order valence-electron chi connectivity index (χ1n) is 10.8. The summed E-state index contributed by atoms with van der Waals surface area (Å²) in [5.41, 5.74) is 3.53. The van der Waals surface area contributed by atoms with Gasteiger partial charge in [-0.3, -0.25) is 0 Å². The van der Waals surface area contributed by atoms with E-state index in [2.05, 4.69) is 0 Å². The Morgan fingerprint density at radius 2 is 0.917 bits per heavy atom. The van der Waals surface area contributed by atoms with Crippen molar-refractivity contribution in [1.82, 2.24) is 0 Å². The van der Waals surface area contributed by atoms with Crippen molar-refractivity contribution in [3.05, 3.63) is 11.1 Å². The minimum absolute atomic E-state index is 0.100. The fourth-order valence-corrected chi connectivity index (χ4v) is 8.77. The van der Waals surface area contributed by atoms with Gasteiger partial charge in [0.2, 0.25) is 0 Å². The van der Waals surface area contributed by atoms with E-state index in [4.69, 9.17) is 0 Å². The van der Waals surface area contributed by atoms with Gasteiger partial charge in [0.15, 0.2) is 0 Å². The van der Waals surface area contributed by atoms with Crippen molar-refractivity contribution in [2.45, 2.75) is 77.0 Å². The smallest absolute Gasteiger partial charge is 0.0530 e. The van der Waals surface area contributed by atoms with Crippen LogP contribution in [0.15, 0.2) is 11.1 Å². The quantitative estimate of drug-likeness (QED) is 0.734. The van der Waals surface area contributed by atoms with Crippen molar-refractivity contribution in [2.75, 3.05) is 13.2 Å². The molecule has 134 valence electrons. The van der Waals surface area contributed by atoms with Gasteiger partial charge in [-0.2, -0.15) is 0 Å². The van der Waals surface area contributed by atoms with Gasteiger partial charge in [0.25, 0.3) is 0 Å². The fourth-order valence-electron chi connectivity index (χ4n) is 8.77. The van der Waals surface area contributed by atoms with Crippen molar-refractivity contribution in [3.63, 3.8) is 0 Å². The summed E-state index contributed by atoms with van der Waals surface area (Å²) in [6.07, 6.45) is 15.6. The summed E-state index contributed by atoms with van der Waals surface area (Å²) in [6, 6.07) is 0. The Labute approximate surface area is 146 Å². The lowest BCUT2D eigenvalue weighted by Crippen LogP contribution is -2.68. The van der Waals surface area contributed by atoms with E-state index in [1.54, 1.807) is 11.1 Å². The second kappa shape index (κ2) is 5.58. The maximum absolute atomic E-state index is 10.8. The van der Waals surface area contributed by atoms with E-state index in [1.807, 2.05) is 0 Å². The maximum atomic E-state index is 10.8. The zero-order valence-corrected chi connectivity index (χ0v) is 15.1.